The quantitative estimate of drug-likeness (QED) is 0.749. The Labute approximate surface area is 106 Å². The number of hydrogen-bond acceptors (Lipinski definition) is 4. The Morgan fingerprint density at radius 3 is 2.50 bits per heavy atom. The molecule has 0 bridgehead atoms. The predicted molar refractivity (Wildman–Crippen MR) is 65.9 cm³/mol. The second-order valence-electron chi connectivity index (χ2n) is 3.82. The van der Waals surface area contributed by atoms with Crippen molar-refractivity contribution in [3.8, 4) is 0 Å². The van der Waals surface area contributed by atoms with Crippen LogP contribution in [0.25, 0.3) is 0 Å². The molecule has 0 aliphatic heterocycles. The molecule has 0 fully saturated rings. The zero-order valence-corrected chi connectivity index (χ0v) is 10.7. The lowest BCUT2D eigenvalue weighted by molar-refractivity contribution is 0.181. The van der Waals surface area contributed by atoms with E-state index in [2.05, 4.69) is 9.50 Å². The van der Waals surface area contributed by atoms with E-state index in [9.17, 15) is 13.2 Å². The van der Waals surface area contributed by atoms with Gasteiger partial charge in [0, 0.05) is 0 Å². The smallest absolute Gasteiger partial charge is 0.404 e. The highest BCUT2D eigenvalue weighted by Gasteiger charge is 2.15. The first-order valence-corrected chi connectivity index (χ1v) is 7.06. The van der Waals surface area contributed by atoms with E-state index in [-0.39, 0.29) is 6.61 Å². The highest BCUT2D eigenvalue weighted by Crippen LogP contribution is 2.04. The van der Waals surface area contributed by atoms with Crippen molar-refractivity contribution in [2.24, 2.45) is 0 Å². The Morgan fingerprint density at radius 1 is 1.39 bits per heavy atom. The summed E-state index contributed by atoms with van der Waals surface area (Å²) in [6.07, 6.45) is 0.0729. The van der Waals surface area contributed by atoms with E-state index >= 15 is 0 Å². The van der Waals surface area contributed by atoms with Crippen LogP contribution in [0.3, 0.4) is 0 Å². The lowest BCUT2D eigenvalue weighted by atomic mass is 10.1. The minimum atomic E-state index is -3.58. The molecule has 0 saturated heterocycles. The van der Waals surface area contributed by atoms with Gasteiger partial charge in [-0.25, -0.2) is 4.79 Å². The molecule has 0 saturated carbocycles. The number of amides is 1. The van der Waals surface area contributed by atoms with E-state index in [1.165, 1.54) is 0 Å². The van der Waals surface area contributed by atoms with Crippen LogP contribution in [0.15, 0.2) is 30.3 Å². The van der Waals surface area contributed by atoms with E-state index in [1.54, 1.807) is 0 Å². The number of carboxylic acid groups (broad SMARTS) is 1. The highest BCUT2D eigenvalue weighted by atomic mass is 32.2. The number of benzene rings is 1. The van der Waals surface area contributed by atoms with Crippen LogP contribution in [-0.2, 0) is 20.7 Å². The molecule has 0 aliphatic carbocycles. The largest absolute Gasteiger partial charge is 0.465 e. The van der Waals surface area contributed by atoms with E-state index in [4.69, 9.17) is 5.11 Å². The maximum Gasteiger partial charge on any atom is 0.404 e. The molecule has 6 nitrogen and oxygen atoms in total. The van der Waals surface area contributed by atoms with Crippen LogP contribution in [0, 0.1) is 0 Å². The summed E-state index contributed by atoms with van der Waals surface area (Å²) in [4.78, 5) is 10.6. The molecule has 1 aromatic carbocycles. The molecule has 18 heavy (non-hydrogen) atoms. The molecule has 0 aliphatic rings. The molecule has 2 N–H and O–H groups in total. The molecular formula is C11H15NO5S. The van der Waals surface area contributed by atoms with E-state index in [1.807, 2.05) is 30.3 Å². The highest BCUT2D eigenvalue weighted by molar-refractivity contribution is 7.85. The standard InChI is InChI=1S/C11H15NO5S/c1-18(15,16)17-8-10(12-11(13)14)7-9-5-3-2-4-6-9/h2-6,10,12H,7-8H2,1H3,(H,13,14)/t10-/m0/s1. The summed E-state index contributed by atoms with van der Waals surface area (Å²) < 4.78 is 26.4. The summed E-state index contributed by atoms with van der Waals surface area (Å²) in [6.45, 7) is -0.222. The fourth-order valence-corrected chi connectivity index (χ4v) is 1.84. The minimum absolute atomic E-state index is 0.222. The van der Waals surface area contributed by atoms with Gasteiger partial charge in [-0.1, -0.05) is 30.3 Å². The van der Waals surface area contributed by atoms with Crippen molar-refractivity contribution < 1.29 is 22.5 Å². The lowest BCUT2D eigenvalue weighted by Gasteiger charge is -2.16. The van der Waals surface area contributed by atoms with Crippen molar-refractivity contribution in [2.75, 3.05) is 12.9 Å². The van der Waals surface area contributed by atoms with Gasteiger partial charge in [0.1, 0.15) is 0 Å². The topological polar surface area (TPSA) is 92.7 Å². The summed E-state index contributed by atoms with van der Waals surface area (Å²) in [5.74, 6) is 0. The van der Waals surface area contributed by atoms with Gasteiger partial charge < -0.3 is 10.4 Å². The summed E-state index contributed by atoms with van der Waals surface area (Å²) in [6, 6.07) is 8.54. The van der Waals surface area contributed by atoms with Gasteiger partial charge in [0.25, 0.3) is 10.1 Å². The Hall–Kier alpha value is -1.60. The molecule has 0 spiro atoms. The molecule has 1 atom stereocenters. The zero-order chi connectivity index (χ0) is 13.6. The summed E-state index contributed by atoms with van der Waals surface area (Å²) in [5.41, 5.74) is 0.897. The molecule has 1 aromatic rings. The number of rotatable bonds is 6. The van der Waals surface area contributed by atoms with Crippen LogP contribution in [0.1, 0.15) is 5.56 Å². The van der Waals surface area contributed by atoms with Crippen LogP contribution >= 0.6 is 0 Å². The van der Waals surface area contributed by atoms with Gasteiger partial charge in [0.05, 0.1) is 18.9 Å². The fraction of sp³-hybridized carbons (Fsp3) is 0.364. The van der Waals surface area contributed by atoms with Crippen molar-refractivity contribution in [2.45, 2.75) is 12.5 Å². The Bertz CT molecular complexity index is 485. The van der Waals surface area contributed by atoms with Crippen LogP contribution in [-0.4, -0.2) is 38.5 Å². The first-order valence-electron chi connectivity index (χ1n) is 5.24. The SMILES string of the molecule is CS(=O)(=O)OC[C@H](Cc1ccccc1)NC(=O)O. The van der Waals surface area contributed by atoms with E-state index < -0.39 is 22.3 Å². The van der Waals surface area contributed by atoms with Gasteiger partial charge >= 0.3 is 6.09 Å². The summed E-state index contributed by atoms with van der Waals surface area (Å²) in [7, 11) is -3.58. The third-order valence-electron chi connectivity index (χ3n) is 2.14. The monoisotopic (exact) mass is 273 g/mol. The number of hydrogen-bond donors (Lipinski definition) is 2. The first kappa shape index (κ1) is 14.5. The van der Waals surface area contributed by atoms with Crippen molar-refractivity contribution in [1.29, 1.82) is 0 Å². The van der Waals surface area contributed by atoms with Crippen molar-refractivity contribution >= 4 is 16.2 Å². The minimum Gasteiger partial charge on any atom is -0.465 e. The van der Waals surface area contributed by atoms with Crippen molar-refractivity contribution in [3.05, 3.63) is 35.9 Å². The van der Waals surface area contributed by atoms with Crippen LogP contribution in [0.4, 0.5) is 4.79 Å². The molecular weight excluding hydrogens is 258 g/mol. The van der Waals surface area contributed by atoms with E-state index in [0.717, 1.165) is 11.8 Å². The van der Waals surface area contributed by atoms with Crippen LogP contribution in [0.5, 0.6) is 0 Å². The third kappa shape index (κ3) is 6.21. The van der Waals surface area contributed by atoms with E-state index in [0.29, 0.717) is 6.42 Å². The number of carbonyl (C=O) groups is 1. The van der Waals surface area contributed by atoms with Gasteiger partial charge in [-0.15, -0.1) is 0 Å². The molecule has 0 radical (unpaired) electrons. The second kappa shape index (κ2) is 6.36. The van der Waals surface area contributed by atoms with Gasteiger partial charge in [0.2, 0.25) is 0 Å². The summed E-state index contributed by atoms with van der Waals surface area (Å²) in [5, 5.41) is 10.9. The van der Waals surface area contributed by atoms with Gasteiger partial charge in [0.15, 0.2) is 0 Å². The Balaban J connectivity index is 2.64. The average molecular weight is 273 g/mol. The summed E-state index contributed by atoms with van der Waals surface area (Å²) >= 11 is 0. The molecule has 0 unspecified atom stereocenters. The first-order chi connectivity index (χ1) is 8.37. The van der Waals surface area contributed by atoms with Crippen LogP contribution in [0.2, 0.25) is 0 Å². The van der Waals surface area contributed by atoms with Crippen molar-refractivity contribution in [3.63, 3.8) is 0 Å². The zero-order valence-electron chi connectivity index (χ0n) is 9.87. The lowest BCUT2D eigenvalue weighted by Crippen LogP contribution is -2.39. The molecule has 1 rings (SSSR count). The molecule has 7 heteroatoms. The second-order valence-corrected chi connectivity index (χ2v) is 5.47. The van der Waals surface area contributed by atoms with Crippen LogP contribution < -0.4 is 5.32 Å². The molecule has 0 aromatic heterocycles. The Morgan fingerprint density at radius 2 is 2.00 bits per heavy atom. The maximum atomic E-state index is 10.9. The van der Waals surface area contributed by atoms with Gasteiger partial charge in [-0.05, 0) is 12.0 Å². The maximum absolute atomic E-state index is 10.9. The average Bonchev–Trinajstić information content (AvgIpc) is 2.25. The third-order valence-corrected chi connectivity index (χ3v) is 2.70. The molecule has 100 valence electrons. The Kier molecular flexibility index (Phi) is 5.11. The fourth-order valence-electron chi connectivity index (χ4n) is 1.43. The molecule has 0 heterocycles. The van der Waals surface area contributed by atoms with Gasteiger partial charge in [-0.3, -0.25) is 4.18 Å². The van der Waals surface area contributed by atoms with Crippen molar-refractivity contribution in [1.82, 2.24) is 5.32 Å². The number of nitrogens with one attached hydrogen (secondary N) is 1. The predicted octanol–water partition coefficient (Wildman–Crippen LogP) is 0.841. The molecule has 1 amide bonds. The normalized spacial score (nSPS) is 12.9. The van der Waals surface area contributed by atoms with Gasteiger partial charge in [-0.2, -0.15) is 8.42 Å².